The van der Waals surface area contributed by atoms with Gasteiger partial charge in [0.1, 0.15) is 0 Å². The number of anilines is 2. The summed E-state index contributed by atoms with van der Waals surface area (Å²) in [6, 6.07) is 13.1. The highest BCUT2D eigenvalue weighted by Gasteiger charge is 2.08. The molecule has 2 N–H and O–H groups in total. The maximum atomic E-state index is 10.9. The van der Waals surface area contributed by atoms with Crippen molar-refractivity contribution >= 4 is 33.3 Å². The maximum Gasteiger partial charge on any atom is 0.335 e. The number of hydrogen-bond donors (Lipinski definition) is 2. The van der Waals surface area contributed by atoms with E-state index >= 15 is 0 Å². The van der Waals surface area contributed by atoms with Crippen molar-refractivity contribution in [2.75, 3.05) is 24.3 Å². The summed E-state index contributed by atoms with van der Waals surface area (Å²) in [6.07, 6.45) is 0. The van der Waals surface area contributed by atoms with Crippen LogP contribution in [0.2, 0.25) is 0 Å². The van der Waals surface area contributed by atoms with E-state index in [-0.39, 0.29) is 5.56 Å². The Morgan fingerprint density at radius 2 is 1.95 bits per heavy atom. The molecule has 21 heavy (non-hydrogen) atoms. The van der Waals surface area contributed by atoms with Crippen LogP contribution >= 0.6 is 15.9 Å². The second-order valence-corrected chi connectivity index (χ2v) is 5.73. The standard InChI is InChI=1S/C16H17BrN2O2/c1-19(2)15-6-4-3-5-14(15)18-10-12-8-7-11(16(20)21)9-13(12)17/h3-9,18H,10H2,1-2H3,(H,20,21). The highest BCUT2D eigenvalue weighted by Crippen LogP contribution is 2.25. The van der Waals surface area contributed by atoms with Crippen LogP contribution in [0.3, 0.4) is 0 Å². The Hall–Kier alpha value is -2.01. The van der Waals surface area contributed by atoms with Crippen molar-refractivity contribution in [3.63, 3.8) is 0 Å². The zero-order valence-electron chi connectivity index (χ0n) is 11.9. The van der Waals surface area contributed by atoms with Crippen LogP contribution in [-0.4, -0.2) is 25.2 Å². The lowest BCUT2D eigenvalue weighted by atomic mass is 10.1. The molecule has 0 spiro atoms. The van der Waals surface area contributed by atoms with Gasteiger partial charge in [0, 0.05) is 25.1 Å². The van der Waals surface area contributed by atoms with E-state index in [1.807, 2.05) is 49.3 Å². The molecule has 0 heterocycles. The summed E-state index contributed by atoms with van der Waals surface area (Å²) >= 11 is 3.42. The molecule has 5 heteroatoms. The third kappa shape index (κ3) is 3.76. The number of hydrogen-bond acceptors (Lipinski definition) is 3. The number of carboxylic acids is 1. The molecule has 0 aliphatic carbocycles. The Morgan fingerprint density at radius 3 is 2.57 bits per heavy atom. The molecule has 0 radical (unpaired) electrons. The van der Waals surface area contributed by atoms with Gasteiger partial charge in [-0.25, -0.2) is 4.79 Å². The molecular formula is C16H17BrN2O2. The number of nitrogens with one attached hydrogen (secondary N) is 1. The molecular weight excluding hydrogens is 332 g/mol. The lowest BCUT2D eigenvalue weighted by Gasteiger charge is -2.18. The Balaban J connectivity index is 2.15. The first-order valence-corrected chi connectivity index (χ1v) is 7.30. The largest absolute Gasteiger partial charge is 0.478 e. The van der Waals surface area contributed by atoms with Gasteiger partial charge < -0.3 is 15.3 Å². The van der Waals surface area contributed by atoms with Crippen molar-refractivity contribution in [2.24, 2.45) is 0 Å². The van der Waals surface area contributed by atoms with Crippen molar-refractivity contribution in [3.8, 4) is 0 Å². The van der Waals surface area contributed by atoms with Gasteiger partial charge in [0.2, 0.25) is 0 Å². The van der Waals surface area contributed by atoms with E-state index < -0.39 is 5.97 Å². The summed E-state index contributed by atoms with van der Waals surface area (Å²) in [5.74, 6) is -0.923. The molecule has 0 aliphatic heterocycles. The first-order chi connectivity index (χ1) is 9.99. The maximum absolute atomic E-state index is 10.9. The molecule has 2 aromatic rings. The normalized spacial score (nSPS) is 10.2. The zero-order valence-corrected chi connectivity index (χ0v) is 13.5. The van der Waals surface area contributed by atoms with Gasteiger partial charge >= 0.3 is 5.97 Å². The average molecular weight is 349 g/mol. The zero-order chi connectivity index (χ0) is 15.4. The topological polar surface area (TPSA) is 52.6 Å². The number of rotatable bonds is 5. The number of para-hydroxylation sites is 2. The van der Waals surface area contributed by atoms with E-state index in [0.717, 1.165) is 21.4 Å². The quantitative estimate of drug-likeness (QED) is 0.862. The van der Waals surface area contributed by atoms with Gasteiger partial charge in [0.15, 0.2) is 0 Å². The summed E-state index contributed by atoms with van der Waals surface area (Å²) in [5, 5.41) is 12.3. The van der Waals surface area contributed by atoms with E-state index in [9.17, 15) is 4.79 Å². The van der Waals surface area contributed by atoms with E-state index in [4.69, 9.17) is 5.11 Å². The van der Waals surface area contributed by atoms with Gasteiger partial charge in [0.05, 0.1) is 16.9 Å². The highest BCUT2D eigenvalue weighted by atomic mass is 79.9. The van der Waals surface area contributed by atoms with Crippen LogP contribution in [0.5, 0.6) is 0 Å². The van der Waals surface area contributed by atoms with Crippen molar-refractivity contribution in [2.45, 2.75) is 6.54 Å². The predicted octanol–water partition coefficient (Wildman–Crippen LogP) is 3.83. The van der Waals surface area contributed by atoms with E-state index in [1.54, 1.807) is 12.1 Å². The molecule has 0 aliphatic rings. The molecule has 0 atom stereocenters. The third-order valence-corrected chi connectivity index (χ3v) is 3.89. The van der Waals surface area contributed by atoms with Gasteiger partial charge in [-0.1, -0.05) is 34.1 Å². The summed E-state index contributed by atoms with van der Waals surface area (Å²) in [6.45, 7) is 0.616. The SMILES string of the molecule is CN(C)c1ccccc1NCc1ccc(C(=O)O)cc1Br. The first-order valence-electron chi connectivity index (χ1n) is 6.51. The highest BCUT2D eigenvalue weighted by molar-refractivity contribution is 9.10. The molecule has 0 saturated carbocycles. The fourth-order valence-corrected chi connectivity index (χ4v) is 2.55. The fourth-order valence-electron chi connectivity index (χ4n) is 2.03. The number of nitrogens with zero attached hydrogens (tertiary/aromatic N) is 1. The van der Waals surface area contributed by atoms with Gasteiger partial charge in [-0.05, 0) is 29.8 Å². The third-order valence-electron chi connectivity index (χ3n) is 3.16. The molecule has 110 valence electrons. The minimum absolute atomic E-state index is 0.277. The van der Waals surface area contributed by atoms with Crippen LogP contribution in [0, 0.1) is 0 Å². The first kappa shape index (κ1) is 15.4. The van der Waals surface area contributed by atoms with E-state index in [0.29, 0.717) is 6.54 Å². The predicted molar refractivity (Wildman–Crippen MR) is 89.2 cm³/mol. The van der Waals surface area contributed by atoms with Gasteiger partial charge in [-0.2, -0.15) is 0 Å². The van der Waals surface area contributed by atoms with Crippen molar-refractivity contribution in [3.05, 3.63) is 58.1 Å². The summed E-state index contributed by atoms with van der Waals surface area (Å²) in [5.41, 5.74) is 3.43. The number of benzene rings is 2. The number of carboxylic acid groups (broad SMARTS) is 1. The number of carbonyl (C=O) groups is 1. The van der Waals surface area contributed by atoms with Crippen LogP contribution < -0.4 is 10.2 Å². The molecule has 0 bridgehead atoms. The summed E-state index contributed by atoms with van der Waals surface area (Å²) < 4.78 is 0.789. The van der Waals surface area contributed by atoms with Gasteiger partial charge in [0.25, 0.3) is 0 Å². The number of halogens is 1. The average Bonchev–Trinajstić information content (AvgIpc) is 2.46. The molecule has 2 aromatic carbocycles. The van der Waals surface area contributed by atoms with Gasteiger partial charge in [-0.15, -0.1) is 0 Å². The van der Waals surface area contributed by atoms with Crippen LogP contribution in [0.15, 0.2) is 46.9 Å². The van der Waals surface area contributed by atoms with Crippen LogP contribution in [0.4, 0.5) is 11.4 Å². The monoisotopic (exact) mass is 348 g/mol. The Labute approximate surface area is 132 Å². The van der Waals surface area contributed by atoms with Crippen molar-refractivity contribution in [1.82, 2.24) is 0 Å². The molecule has 0 fully saturated rings. The summed E-state index contributed by atoms with van der Waals surface area (Å²) in [7, 11) is 4.00. The van der Waals surface area contributed by atoms with Crippen molar-refractivity contribution in [1.29, 1.82) is 0 Å². The van der Waals surface area contributed by atoms with Gasteiger partial charge in [-0.3, -0.25) is 0 Å². The molecule has 0 unspecified atom stereocenters. The second-order valence-electron chi connectivity index (χ2n) is 4.88. The minimum atomic E-state index is -0.923. The molecule has 0 amide bonds. The lowest BCUT2D eigenvalue weighted by molar-refractivity contribution is 0.0697. The second kappa shape index (κ2) is 6.63. The van der Waals surface area contributed by atoms with E-state index in [2.05, 4.69) is 21.2 Å². The lowest BCUT2D eigenvalue weighted by Crippen LogP contribution is -2.12. The molecule has 2 rings (SSSR count). The summed E-state index contributed by atoms with van der Waals surface area (Å²) in [4.78, 5) is 13.0. The molecule has 0 saturated heterocycles. The fraction of sp³-hybridized carbons (Fsp3) is 0.188. The Morgan fingerprint density at radius 1 is 1.24 bits per heavy atom. The Bertz CT molecular complexity index is 656. The Kier molecular flexibility index (Phi) is 4.85. The minimum Gasteiger partial charge on any atom is -0.478 e. The van der Waals surface area contributed by atoms with Crippen LogP contribution in [0.1, 0.15) is 15.9 Å². The molecule has 0 aromatic heterocycles. The smallest absolute Gasteiger partial charge is 0.335 e. The molecule has 4 nitrogen and oxygen atoms in total. The van der Waals surface area contributed by atoms with Crippen LogP contribution in [0.25, 0.3) is 0 Å². The van der Waals surface area contributed by atoms with E-state index in [1.165, 1.54) is 0 Å². The van der Waals surface area contributed by atoms with Crippen LogP contribution in [-0.2, 0) is 6.54 Å². The number of aromatic carboxylic acids is 1. The van der Waals surface area contributed by atoms with Crippen molar-refractivity contribution < 1.29 is 9.90 Å².